The largest absolute Gasteiger partial charge is 0.355 e. The van der Waals surface area contributed by atoms with Crippen LogP contribution in [0.25, 0.3) is 11.3 Å². The number of nitrogens with one attached hydrogen (secondary N) is 2. The van der Waals surface area contributed by atoms with Gasteiger partial charge in [-0.3, -0.25) is 20.4 Å². The summed E-state index contributed by atoms with van der Waals surface area (Å²) in [5.74, 6) is -1.88. The van der Waals surface area contributed by atoms with Crippen LogP contribution < -0.4 is 10.9 Å². The number of carbonyl (C=O) groups excluding carboxylic acids is 2. The van der Waals surface area contributed by atoms with E-state index in [1.54, 1.807) is 6.07 Å². The highest BCUT2D eigenvalue weighted by Gasteiger charge is 2.27. The number of rotatable bonds is 5. The Balaban J connectivity index is 1.38. The van der Waals surface area contributed by atoms with E-state index >= 15 is 0 Å². The van der Waals surface area contributed by atoms with E-state index in [4.69, 9.17) is 4.52 Å². The Bertz CT molecular complexity index is 1250. The molecule has 0 bridgehead atoms. The first-order valence-corrected chi connectivity index (χ1v) is 11.2. The van der Waals surface area contributed by atoms with Gasteiger partial charge in [-0.15, -0.1) is 0 Å². The van der Waals surface area contributed by atoms with Crippen LogP contribution in [0.3, 0.4) is 0 Å². The zero-order valence-corrected chi connectivity index (χ0v) is 17.6. The molecule has 2 N–H and O–H groups in total. The van der Waals surface area contributed by atoms with Gasteiger partial charge in [-0.25, -0.2) is 12.8 Å². The molecular formula is C21H19FN4O5S. The van der Waals surface area contributed by atoms with E-state index in [2.05, 4.69) is 16.0 Å². The van der Waals surface area contributed by atoms with Gasteiger partial charge in [0, 0.05) is 24.7 Å². The van der Waals surface area contributed by atoms with Crippen LogP contribution in [0.15, 0.2) is 64.0 Å². The average Bonchev–Trinajstić information content (AvgIpc) is 3.50. The minimum absolute atomic E-state index is 0.0642. The number of amides is 2. The normalized spacial score (nSPS) is 14.3. The zero-order chi connectivity index (χ0) is 22.7. The van der Waals surface area contributed by atoms with Crippen molar-refractivity contribution in [3.63, 3.8) is 0 Å². The fourth-order valence-electron chi connectivity index (χ4n) is 3.28. The lowest BCUT2D eigenvalue weighted by Crippen LogP contribution is -2.41. The fraction of sp³-hybridized carbons (Fsp3) is 0.190. The minimum Gasteiger partial charge on any atom is -0.355 e. The summed E-state index contributed by atoms with van der Waals surface area (Å²) in [6.07, 6.45) is 1.65. The van der Waals surface area contributed by atoms with E-state index in [9.17, 15) is 22.4 Å². The van der Waals surface area contributed by atoms with Gasteiger partial charge in [0.1, 0.15) is 5.82 Å². The average molecular weight is 458 g/mol. The number of hydrogen-bond acceptors (Lipinski definition) is 6. The van der Waals surface area contributed by atoms with E-state index in [1.165, 1.54) is 52.8 Å². The fourth-order valence-corrected chi connectivity index (χ4v) is 4.79. The molecule has 9 nitrogen and oxygen atoms in total. The quantitative estimate of drug-likeness (QED) is 0.566. The number of sulfonamides is 1. The highest BCUT2D eigenvalue weighted by atomic mass is 32.2. The lowest BCUT2D eigenvalue weighted by molar-refractivity contribution is 0.0841. The second-order valence-electron chi connectivity index (χ2n) is 7.10. The maximum Gasteiger partial charge on any atom is 0.291 e. The van der Waals surface area contributed by atoms with Crippen LogP contribution >= 0.6 is 0 Å². The number of hydrogen-bond donors (Lipinski definition) is 2. The van der Waals surface area contributed by atoms with Crippen LogP contribution in [-0.4, -0.2) is 42.8 Å². The molecule has 0 aliphatic carbocycles. The van der Waals surface area contributed by atoms with Gasteiger partial charge in [0.15, 0.2) is 11.5 Å². The van der Waals surface area contributed by atoms with Crippen molar-refractivity contribution in [2.24, 2.45) is 0 Å². The monoisotopic (exact) mass is 458 g/mol. The summed E-state index contributed by atoms with van der Waals surface area (Å²) in [5.41, 5.74) is 4.54. The number of halogens is 1. The molecule has 1 aliphatic heterocycles. The second kappa shape index (κ2) is 8.89. The Kier molecular flexibility index (Phi) is 6.01. The summed E-state index contributed by atoms with van der Waals surface area (Å²) in [5, 5.41) is 3.58. The molecule has 0 unspecified atom stereocenters. The highest BCUT2D eigenvalue weighted by Crippen LogP contribution is 2.23. The van der Waals surface area contributed by atoms with Crippen LogP contribution in [0.4, 0.5) is 4.39 Å². The van der Waals surface area contributed by atoms with Crippen molar-refractivity contribution in [2.45, 2.75) is 17.7 Å². The third kappa shape index (κ3) is 4.39. The first kappa shape index (κ1) is 21.7. The summed E-state index contributed by atoms with van der Waals surface area (Å²) in [6.45, 7) is 0.967. The van der Waals surface area contributed by atoms with Gasteiger partial charge in [-0.05, 0) is 49.2 Å². The molecule has 0 spiro atoms. The Morgan fingerprint density at radius 3 is 2.31 bits per heavy atom. The van der Waals surface area contributed by atoms with Crippen LogP contribution in [0.5, 0.6) is 0 Å². The third-order valence-corrected chi connectivity index (χ3v) is 6.90. The summed E-state index contributed by atoms with van der Waals surface area (Å²) in [6, 6.07) is 12.5. The van der Waals surface area contributed by atoms with Gasteiger partial charge < -0.3 is 4.52 Å². The lowest BCUT2D eigenvalue weighted by Gasteiger charge is -2.15. The number of carbonyl (C=O) groups is 2. The Labute approximate surface area is 183 Å². The van der Waals surface area contributed by atoms with Gasteiger partial charge in [0.25, 0.3) is 11.8 Å². The first-order valence-electron chi connectivity index (χ1n) is 9.79. The van der Waals surface area contributed by atoms with Crippen LogP contribution in [-0.2, 0) is 10.0 Å². The molecule has 1 aliphatic rings. The molecule has 11 heteroatoms. The molecule has 32 heavy (non-hydrogen) atoms. The van der Waals surface area contributed by atoms with Gasteiger partial charge in [0.05, 0.1) is 10.5 Å². The molecule has 2 heterocycles. The molecule has 2 aromatic carbocycles. The van der Waals surface area contributed by atoms with Crippen molar-refractivity contribution in [3.05, 3.63) is 71.7 Å². The molecule has 1 saturated heterocycles. The van der Waals surface area contributed by atoms with Crippen LogP contribution in [0, 0.1) is 5.82 Å². The summed E-state index contributed by atoms with van der Waals surface area (Å²) in [7, 11) is -3.58. The maximum absolute atomic E-state index is 13.8. The molecule has 2 amide bonds. The van der Waals surface area contributed by atoms with Gasteiger partial charge in [-0.2, -0.15) is 4.31 Å². The molecule has 4 rings (SSSR count). The zero-order valence-electron chi connectivity index (χ0n) is 16.7. The lowest BCUT2D eigenvalue weighted by atomic mass is 10.1. The SMILES string of the molecule is O=C(NNC(=O)c1cc(-c2ccccc2F)on1)c1ccc(S(=O)(=O)N2CCCC2)cc1. The Morgan fingerprint density at radius 2 is 1.62 bits per heavy atom. The van der Waals surface area contributed by atoms with Crippen molar-refractivity contribution in [2.75, 3.05) is 13.1 Å². The highest BCUT2D eigenvalue weighted by molar-refractivity contribution is 7.89. The van der Waals surface area contributed by atoms with E-state index in [1.807, 2.05) is 0 Å². The molecule has 0 radical (unpaired) electrons. The molecule has 0 saturated carbocycles. The Morgan fingerprint density at radius 1 is 0.969 bits per heavy atom. The molecule has 1 fully saturated rings. The van der Waals surface area contributed by atoms with Crippen molar-refractivity contribution in [1.29, 1.82) is 0 Å². The van der Waals surface area contributed by atoms with E-state index in [0.29, 0.717) is 13.1 Å². The Hall–Kier alpha value is -3.57. The predicted octanol–water partition coefficient (Wildman–Crippen LogP) is 2.34. The number of aromatic nitrogens is 1. The summed E-state index contributed by atoms with van der Waals surface area (Å²) < 4.78 is 45.3. The van der Waals surface area contributed by atoms with Gasteiger partial charge >= 0.3 is 0 Å². The van der Waals surface area contributed by atoms with Gasteiger partial charge in [-0.1, -0.05) is 17.3 Å². The molecule has 0 atom stereocenters. The topological polar surface area (TPSA) is 122 Å². The van der Waals surface area contributed by atoms with Crippen LogP contribution in [0.2, 0.25) is 0 Å². The summed E-state index contributed by atoms with van der Waals surface area (Å²) >= 11 is 0. The third-order valence-electron chi connectivity index (χ3n) is 4.99. The second-order valence-corrected chi connectivity index (χ2v) is 9.04. The van der Waals surface area contributed by atoms with Crippen molar-refractivity contribution in [3.8, 4) is 11.3 Å². The molecular weight excluding hydrogens is 439 g/mol. The maximum atomic E-state index is 13.8. The number of benzene rings is 2. The molecule has 3 aromatic rings. The standard InChI is InChI=1S/C21H19FN4O5S/c22-17-6-2-1-5-16(17)19-13-18(25-31-19)21(28)24-23-20(27)14-7-9-15(10-8-14)32(29,30)26-11-3-4-12-26/h1-2,5-10,13H,3-4,11-12H2,(H,23,27)(H,24,28). The van der Waals surface area contributed by atoms with E-state index in [0.717, 1.165) is 12.8 Å². The molecule has 1 aromatic heterocycles. The first-order chi connectivity index (χ1) is 15.4. The van der Waals surface area contributed by atoms with E-state index in [-0.39, 0.29) is 27.5 Å². The minimum atomic E-state index is -3.58. The smallest absolute Gasteiger partial charge is 0.291 e. The summed E-state index contributed by atoms with van der Waals surface area (Å²) in [4.78, 5) is 24.6. The number of nitrogens with zero attached hydrogens (tertiary/aromatic N) is 2. The number of hydrazine groups is 1. The van der Waals surface area contributed by atoms with Crippen molar-refractivity contribution < 1.29 is 26.9 Å². The van der Waals surface area contributed by atoms with E-state index < -0.39 is 27.7 Å². The van der Waals surface area contributed by atoms with Crippen molar-refractivity contribution >= 4 is 21.8 Å². The van der Waals surface area contributed by atoms with Gasteiger partial charge in [0.2, 0.25) is 10.0 Å². The van der Waals surface area contributed by atoms with Crippen molar-refractivity contribution in [1.82, 2.24) is 20.3 Å². The molecule has 166 valence electrons. The van der Waals surface area contributed by atoms with Crippen LogP contribution in [0.1, 0.15) is 33.7 Å². The predicted molar refractivity (Wildman–Crippen MR) is 111 cm³/mol.